The van der Waals surface area contributed by atoms with E-state index < -0.39 is 0 Å². The van der Waals surface area contributed by atoms with Crippen LogP contribution in [0.25, 0.3) is 0 Å². The van der Waals surface area contributed by atoms with Crippen LogP contribution < -0.4 is 5.32 Å². The monoisotopic (exact) mass is 203 g/mol. The van der Waals surface area contributed by atoms with Gasteiger partial charge < -0.3 is 5.32 Å². The van der Waals surface area contributed by atoms with E-state index >= 15 is 0 Å². The van der Waals surface area contributed by atoms with E-state index in [4.69, 9.17) is 0 Å². The molecular formula is C14H21N. The normalized spacial score (nSPS) is 17.9. The first kappa shape index (κ1) is 10.7. The highest BCUT2D eigenvalue weighted by atomic mass is 14.9. The Bertz CT molecular complexity index is 300. The molecule has 15 heavy (non-hydrogen) atoms. The molecule has 0 aliphatic carbocycles. The van der Waals surface area contributed by atoms with Crippen molar-refractivity contribution < 1.29 is 0 Å². The van der Waals surface area contributed by atoms with Crippen LogP contribution in [0.5, 0.6) is 0 Å². The van der Waals surface area contributed by atoms with Crippen LogP contribution in [-0.2, 0) is 12.8 Å². The van der Waals surface area contributed by atoms with Gasteiger partial charge in [-0.1, -0.05) is 31.2 Å². The fourth-order valence-corrected chi connectivity index (χ4v) is 2.50. The zero-order valence-electron chi connectivity index (χ0n) is 9.63. The number of nitrogens with one attached hydrogen (secondary N) is 1. The number of rotatable bonds is 3. The zero-order chi connectivity index (χ0) is 10.5. The van der Waals surface area contributed by atoms with Crippen molar-refractivity contribution in [2.24, 2.45) is 5.92 Å². The lowest BCUT2D eigenvalue weighted by Gasteiger charge is -2.23. The Morgan fingerprint density at radius 2 is 1.80 bits per heavy atom. The summed E-state index contributed by atoms with van der Waals surface area (Å²) in [6, 6.07) is 8.91. The number of piperidine rings is 1. The van der Waals surface area contributed by atoms with E-state index in [1.54, 1.807) is 5.56 Å². The van der Waals surface area contributed by atoms with Crippen molar-refractivity contribution in [1.82, 2.24) is 5.32 Å². The highest BCUT2D eigenvalue weighted by Crippen LogP contribution is 2.20. The van der Waals surface area contributed by atoms with Crippen molar-refractivity contribution in [3.05, 3.63) is 35.4 Å². The molecule has 1 fully saturated rings. The topological polar surface area (TPSA) is 12.0 Å². The summed E-state index contributed by atoms with van der Waals surface area (Å²) < 4.78 is 0. The van der Waals surface area contributed by atoms with Gasteiger partial charge in [-0.2, -0.15) is 0 Å². The van der Waals surface area contributed by atoms with Crippen LogP contribution in [0.15, 0.2) is 24.3 Å². The maximum atomic E-state index is 3.43. The van der Waals surface area contributed by atoms with Crippen LogP contribution in [0.4, 0.5) is 0 Å². The Kier molecular flexibility index (Phi) is 3.79. The van der Waals surface area contributed by atoms with Gasteiger partial charge in [0.15, 0.2) is 0 Å². The largest absolute Gasteiger partial charge is 0.317 e. The third-order valence-corrected chi connectivity index (χ3v) is 3.47. The SMILES string of the molecule is CCc1ccccc1CC1CCNCC1. The smallest absolute Gasteiger partial charge is 0.00462 e. The Labute approximate surface area is 92.9 Å². The van der Waals surface area contributed by atoms with Gasteiger partial charge in [-0.15, -0.1) is 0 Å². The van der Waals surface area contributed by atoms with Gasteiger partial charge in [0.2, 0.25) is 0 Å². The van der Waals surface area contributed by atoms with Crippen LogP contribution >= 0.6 is 0 Å². The molecule has 1 aromatic carbocycles. The molecule has 0 amide bonds. The molecule has 1 nitrogen and oxygen atoms in total. The van der Waals surface area contributed by atoms with E-state index in [0.29, 0.717) is 0 Å². The van der Waals surface area contributed by atoms with E-state index in [9.17, 15) is 0 Å². The molecule has 0 atom stereocenters. The first-order valence-corrected chi connectivity index (χ1v) is 6.17. The van der Waals surface area contributed by atoms with E-state index in [-0.39, 0.29) is 0 Å². The highest BCUT2D eigenvalue weighted by Gasteiger charge is 2.14. The maximum Gasteiger partial charge on any atom is -0.00462 e. The average Bonchev–Trinajstić information content (AvgIpc) is 2.31. The van der Waals surface area contributed by atoms with E-state index in [1.807, 2.05) is 0 Å². The van der Waals surface area contributed by atoms with Gasteiger partial charge in [0.05, 0.1) is 0 Å². The van der Waals surface area contributed by atoms with Crippen LogP contribution in [0.3, 0.4) is 0 Å². The number of hydrogen-bond acceptors (Lipinski definition) is 1. The molecule has 0 saturated carbocycles. The lowest BCUT2D eigenvalue weighted by atomic mass is 9.88. The van der Waals surface area contributed by atoms with Gasteiger partial charge >= 0.3 is 0 Å². The molecule has 1 heteroatoms. The Balaban J connectivity index is 2.02. The van der Waals surface area contributed by atoms with Crippen molar-refractivity contribution >= 4 is 0 Å². The molecule has 2 rings (SSSR count). The quantitative estimate of drug-likeness (QED) is 0.796. The molecule has 1 heterocycles. The third-order valence-electron chi connectivity index (χ3n) is 3.47. The molecular weight excluding hydrogens is 182 g/mol. The summed E-state index contributed by atoms with van der Waals surface area (Å²) in [5, 5.41) is 3.43. The molecule has 0 radical (unpaired) electrons. The van der Waals surface area contributed by atoms with Crippen LogP contribution in [-0.4, -0.2) is 13.1 Å². The minimum atomic E-state index is 0.902. The standard InChI is InChI=1S/C14H21N/c1-2-13-5-3-4-6-14(13)11-12-7-9-15-10-8-12/h3-6,12,15H,2,7-11H2,1H3. The van der Waals surface area contributed by atoms with Crippen molar-refractivity contribution in [3.8, 4) is 0 Å². The van der Waals surface area contributed by atoms with Gasteiger partial charge in [-0.3, -0.25) is 0 Å². The van der Waals surface area contributed by atoms with E-state index in [0.717, 1.165) is 5.92 Å². The summed E-state index contributed by atoms with van der Waals surface area (Å²) in [6.45, 7) is 4.67. The summed E-state index contributed by atoms with van der Waals surface area (Å²) in [4.78, 5) is 0. The summed E-state index contributed by atoms with van der Waals surface area (Å²) in [5.41, 5.74) is 3.11. The second-order valence-corrected chi connectivity index (χ2v) is 4.52. The van der Waals surface area contributed by atoms with E-state index in [2.05, 4.69) is 36.5 Å². The molecule has 0 aromatic heterocycles. The molecule has 0 bridgehead atoms. The number of benzene rings is 1. The van der Waals surface area contributed by atoms with Crippen LogP contribution in [0.2, 0.25) is 0 Å². The Morgan fingerprint density at radius 1 is 1.13 bits per heavy atom. The fourth-order valence-electron chi connectivity index (χ4n) is 2.50. The summed E-state index contributed by atoms with van der Waals surface area (Å²) in [5.74, 6) is 0.902. The second-order valence-electron chi connectivity index (χ2n) is 4.52. The van der Waals surface area contributed by atoms with Crippen LogP contribution in [0, 0.1) is 5.92 Å². The molecule has 1 aliphatic rings. The zero-order valence-corrected chi connectivity index (χ0v) is 9.63. The first-order valence-electron chi connectivity index (χ1n) is 6.17. The average molecular weight is 203 g/mol. The number of hydrogen-bond donors (Lipinski definition) is 1. The molecule has 1 aromatic rings. The molecule has 1 aliphatic heterocycles. The molecule has 1 N–H and O–H groups in total. The molecule has 0 unspecified atom stereocenters. The number of aryl methyl sites for hydroxylation is 1. The molecule has 0 spiro atoms. The third kappa shape index (κ3) is 2.82. The summed E-state index contributed by atoms with van der Waals surface area (Å²) >= 11 is 0. The lowest BCUT2D eigenvalue weighted by Crippen LogP contribution is -2.28. The highest BCUT2D eigenvalue weighted by molar-refractivity contribution is 5.27. The van der Waals surface area contributed by atoms with Gasteiger partial charge in [0.25, 0.3) is 0 Å². The van der Waals surface area contributed by atoms with Gasteiger partial charge in [-0.25, -0.2) is 0 Å². The lowest BCUT2D eigenvalue weighted by molar-refractivity contribution is 0.372. The van der Waals surface area contributed by atoms with Crippen molar-refractivity contribution in [2.75, 3.05) is 13.1 Å². The Morgan fingerprint density at radius 3 is 2.47 bits per heavy atom. The minimum absolute atomic E-state index is 0.902. The van der Waals surface area contributed by atoms with Crippen LogP contribution in [0.1, 0.15) is 30.9 Å². The summed E-state index contributed by atoms with van der Waals surface area (Å²) in [7, 11) is 0. The van der Waals surface area contributed by atoms with Gasteiger partial charge in [0, 0.05) is 0 Å². The van der Waals surface area contributed by atoms with Crippen molar-refractivity contribution in [2.45, 2.75) is 32.6 Å². The van der Waals surface area contributed by atoms with Crippen molar-refractivity contribution in [3.63, 3.8) is 0 Å². The predicted molar refractivity (Wildman–Crippen MR) is 65.1 cm³/mol. The molecule has 1 saturated heterocycles. The van der Waals surface area contributed by atoms with E-state index in [1.165, 1.54) is 44.3 Å². The van der Waals surface area contributed by atoms with Gasteiger partial charge in [0.1, 0.15) is 0 Å². The first-order chi connectivity index (χ1) is 7.40. The fraction of sp³-hybridized carbons (Fsp3) is 0.571. The van der Waals surface area contributed by atoms with Gasteiger partial charge in [-0.05, 0) is 55.8 Å². The maximum absolute atomic E-state index is 3.43. The van der Waals surface area contributed by atoms with Crippen molar-refractivity contribution in [1.29, 1.82) is 0 Å². The Hall–Kier alpha value is -0.820. The summed E-state index contributed by atoms with van der Waals surface area (Å²) in [6.07, 6.45) is 5.14. The second kappa shape index (κ2) is 5.32. The molecule has 82 valence electrons. The predicted octanol–water partition coefficient (Wildman–Crippen LogP) is 2.79. The minimum Gasteiger partial charge on any atom is -0.317 e.